The van der Waals surface area contributed by atoms with Gasteiger partial charge in [-0.3, -0.25) is 9.59 Å². The number of nitrogens with two attached hydrogens (primary N) is 1. The van der Waals surface area contributed by atoms with Crippen molar-refractivity contribution < 1.29 is 18.4 Å². The molecule has 0 atom stereocenters. The highest BCUT2D eigenvalue weighted by atomic mass is 79.9. The number of amides is 2. The van der Waals surface area contributed by atoms with Gasteiger partial charge in [0.15, 0.2) is 11.6 Å². The Hall–Kier alpha value is -6.18. The molecule has 2 aromatic carbocycles. The van der Waals surface area contributed by atoms with E-state index in [1.54, 1.807) is 36.7 Å². The number of halogens is 3. The third kappa shape index (κ3) is 12.6. The summed E-state index contributed by atoms with van der Waals surface area (Å²) in [7, 11) is 4.14. The molecular formula is C47H61BrF2N14O2. The highest BCUT2D eigenvalue weighted by Gasteiger charge is 2.23. The van der Waals surface area contributed by atoms with Crippen molar-refractivity contribution in [1.82, 2.24) is 58.6 Å². The predicted molar refractivity (Wildman–Crippen MR) is 258 cm³/mol. The lowest BCUT2D eigenvalue weighted by molar-refractivity contribution is 0.0657. The number of nitrogen functional groups attached to an aromatic ring is 1. The summed E-state index contributed by atoms with van der Waals surface area (Å²) in [5.74, 6) is 1.09. The lowest BCUT2D eigenvalue weighted by Gasteiger charge is -2.32. The first-order valence-corrected chi connectivity index (χ1v) is 22.3. The Balaban J connectivity index is 0.000000203. The molecule has 352 valence electrons. The van der Waals surface area contributed by atoms with Gasteiger partial charge < -0.3 is 39.8 Å². The molecule has 16 nitrogen and oxygen atoms in total. The Labute approximate surface area is 394 Å². The van der Waals surface area contributed by atoms with Crippen LogP contribution in [0.4, 0.5) is 26.4 Å². The van der Waals surface area contributed by atoms with E-state index in [9.17, 15) is 18.4 Å². The van der Waals surface area contributed by atoms with Crippen LogP contribution in [0.25, 0.3) is 22.8 Å². The molecule has 0 radical (unpaired) electrons. The summed E-state index contributed by atoms with van der Waals surface area (Å²) < 4.78 is 33.1. The van der Waals surface area contributed by atoms with Crippen LogP contribution in [0.3, 0.4) is 0 Å². The van der Waals surface area contributed by atoms with E-state index >= 15 is 0 Å². The van der Waals surface area contributed by atoms with Crippen LogP contribution < -0.4 is 11.1 Å². The van der Waals surface area contributed by atoms with E-state index in [1.807, 2.05) is 84.7 Å². The Morgan fingerprint density at radius 1 is 0.621 bits per heavy atom. The molecule has 0 bridgehead atoms. The number of carbonyl (C=O) groups is 2. The minimum atomic E-state index is -0.509. The molecule has 4 aromatic heterocycles. The van der Waals surface area contributed by atoms with E-state index in [4.69, 9.17) is 5.73 Å². The fourth-order valence-electron chi connectivity index (χ4n) is 7.53. The number of hydrogen-bond acceptors (Lipinski definition) is 12. The fraction of sp³-hybridized carbons (Fsp3) is 0.404. The number of nitrogens with zero attached hydrogens (tertiary/aromatic N) is 12. The quantitative estimate of drug-likeness (QED) is 0.151. The molecule has 0 unspecified atom stereocenters. The molecule has 19 heteroatoms. The topological polar surface area (TPSA) is 172 Å². The van der Waals surface area contributed by atoms with E-state index in [1.165, 1.54) is 0 Å². The van der Waals surface area contributed by atoms with Crippen LogP contribution >= 0.6 is 15.9 Å². The summed E-state index contributed by atoms with van der Waals surface area (Å²) >= 11 is 3.37. The smallest absolute Gasteiger partial charge is 0.253 e. The van der Waals surface area contributed by atoms with Crippen LogP contribution in [-0.2, 0) is 0 Å². The van der Waals surface area contributed by atoms with Crippen LogP contribution in [0.5, 0.6) is 0 Å². The zero-order valence-corrected chi connectivity index (χ0v) is 39.7. The molecule has 8 rings (SSSR count). The highest BCUT2D eigenvalue weighted by Crippen LogP contribution is 2.28. The van der Waals surface area contributed by atoms with Crippen LogP contribution in [0.1, 0.15) is 79.6 Å². The van der Waals surface area contributed by atoms with Crippen LogP contribution in [0.2, 0.25) is 0 Å². The third-order valence-electron chi connectivity index (χ3n) is 11.0. The number of imidazole rings is 2. The van der Waals surface area contributed by atoms with Crippen molar-refractivity contribution in [3.63, 3.8) is 0 Å². The van der Waals surface area contributed by atoms with Gasteiger partial charge in [-0.25, -0.2) is 38.7 Å². The number of hydrogen-bond donors (Lipinski definition) is 2. The number of piperazine rings is 2. The molecule has 2 saturated heterocycles. The average Bonchev–Trinajstić information content (AvgIpc) is 3.88. The minimum Gasteiger partial charge on any atom is -0.368 e. The van der Waals surface area contributed by atoms with Crippen molar-refractivity contribution in [3.05, 3.63) is 112 Å². The van der Waals surface area contributed by atoms with E-state index < -0.39 is 11.6 Å². The number of anilines is 3. The second-order valence-corrected chi connectivity index (χ2v) is 17.4. The lowest BCUT2D eigenvalue weighted by atomic mass is 10.1. The second-order valence-electron chi connectivity index (χ2n) is 16.5. The zero-order valence-electron chi connectivity index (χ0n) is 38.1. The van der Waals surface area contributed by atoms with Crippen LogP contribution in [0, 0.1) is 25.5 Å². The number of rotatable bonds is 8. The monoisotopic (exact) mass is 970 g/mol. The summed E-state index contributed by atoms with van der Waals surface area (Å²) in [6, 6.07) is 15.0. The number of likely N-dealkylation sites (N-methyl/N-ethyl adjacent to an activating group) is 2. The average molecular weight is 972 g/mol. The minimum absolute atomic E-state index is 0. The molecule has 2 aliphatic heterocycles. The number of carbonyl (C=O) groups excluding carboxylic acids is 2. The first-order chi connectivity index (χ1) is 31.0. The predicted octanol–water partition coefficient (Wildman–Crippen LogP) is 7.92. The van der Waals surface area contributed by atoms with Crippen molar-refractivity contribution in [2.45, 2.75) is 61.1 Å². The van der Waals surface area contributed by atoms with Gasteiger partial charge in [0, 0.05) is 85.7 Å². The van der Waals surface area contributed by atoms with Crippen LogP contribution in [0.15, 0.2) is 77.8 Å². The van der Waals surface area contributed by atoms with E-state index in [2.05, 4.69) is 75.0 Å². The molecule has 3 N–H and O–H groups in total. The van der Waals surface area contributed by atoms with Crippen molar-refractivity contribution in [2.75, 3.05) is 77.5 Å². The van der Waals surface area contributed by atoms with E-state index in [0.717, 1.165) is 86.4 Å². The highest BCUT2D eigenvalue weighted by molar-refractivity contribution is 9.10. The summed E-state index contributed by atoms with van der Waals surface area (Å²) in [6.07, 6.45) is 5.46. The van der Waals surface area contributed by atoms with Gasteiger partial charge in [-0.05, 0) is 104 Å². The summed E-state index contributed by atoms with van der Waals surface area (Å²) in [4.78, 5) is 57.6. The normalized spacial score (nSPS) is 14.3. The Morgan fingerprint density at radius 3 is 1.47 bits per heavy atom. The number of nitrogens with one attached hydrogen (secondary N) is 1. The molecule has 0 saturated carbocycles. The first-order valence-electron chi connectivity index (χ1n) is 21.5. The van der Waals surface area contributed by atoms with Gasteiger partial charge in [-0.15, -0.1) is 0 Å². The summed E-state index contributed by atoms with van der Waals surface area (Å²) in [5, 5.41) is 3.10. The van der Waals surface area contributed by atoms with E-state index in [-0.39, 0.29) is 54.6 Å². The summed E-state index contributed by atoms with van der Waals surface area (Å²) in [5.41, 5.74) is 9.20. The molecule has 6 heterocycles. The maximum absolute atomic E-state index is 14.6. The van der Waals surface area contributed by atoms with Crippen molar-refractivity contribution in [1.29, 1.82) is 0 Å². The Morgan fingerprint density at radius 2 is 1.03 bits per heavy atom. The second kappa shape index (κ2) is 22.8. The van der Waals surface area contributed by atoms with Crippen molar-refractivity contribution >= 4 is 45.3 Å². The van der Waals surface area contributed by atoms with Crippen LogP contribution in [-0.4, -0.2) is 137 Å². The first kappa shape index (κ1) is 50.8. The third-order valence-corrected chi connectivity index (χ3v) is 11.6. The van der Waals surface area contributed by atoms with Gasteiger partial charge in [-0.1, -0.05) is 23.4 Å². The molecule has 2 amide bonds. The number of benzene rings is 2. The van der Waals surface area contributed by atoms with Gasteiger partial charge in [0.2, 0.25) is 11.9 Å². The zero-order chi connectivity index (χ0) is 46.9. The maximum atomic E-state index is 14.6. The van der Waals surface area contributed by atoms with E-state index in [0.29, 0.717) is 22.6 Å². The SMILES string of the molecule is C.CN1CCN(C(=O)c2ccc(Br)cc2)CC1.Cc1ncc(-c2nc(N)ncc2F)n1C(C)C.Cc1ncc(-c2nc(Nc3ccc(C(=O)N4CCN(C)CC4)cc3)ncc2F)n1C(C)C. The number of aryl methyl sites for hydroxylation is 2. The van der Waals surface area contributed by atoms with Gasteiger partial charge in [-0.2, -0.15) is 0 Å². The van der Waals surface area contributed by atoms with Gasteiger partial charge >= 0.3 is 0 Å². The Kier molecular flexibility index (Phi) is 17.6. The number of aromatic nitrogens is 8. The molecule has 6 aromatic rings. The van der Waals surface area contributed by atoms with Gasteiger partial charge in [0.25, 0.3) is 11.8 Å². The van der Waals surface area contributed by atoms with Crippen molar-refractivity contribution in [3.8, 4) is 22.8 Å². The largest absolute Gasteiger partial charge is 0.368 e. The van der Waals surface area contributed by atoms with Gasteiger partial charge in [0.1, 0.15) is 23.0 Å². The molecule has 66 heavy (non-hydrogen) atoms. The molecule has 2 fully saturated rings. The maximum Gasteiger partial charge on any atom is 0.253 e. The van der Waals surface area contributed by atoms with Crippen molar-refractivity contribution in [2.24, 2.45) is 0 Å². The fourth-order valence-corrected chi connectivity index (χ4v) is 7.79. The molecule has 2 aliphatic rings. The van der Waals surface area contributed by atoms with Gasteiger partial charge in [0.05, 0.1) is 36.2 Å². The lowest BCUT2D eigenvalue weighted by Crippen LogP contribution is -2.47. The molecule has 0 aliphatic carbocycles. The summed E-state index contributed by atoms with van der Waals surface area (Å²) in [6.45, 7) is 18.6. The molecular weight excluding hydrogens is 911 g/mol. The molecule has 0 spiro atoms. The standard InChI is InChI=1S/C23H28FN7O.C12H15BrN2O.C11H14FN5.CH4/c1-15(2)31-16(3)25-14-20(31)21-19(24)13-26-23(28-21)27-18-7-5-17(6-8-18)22(32)30-11-9-29(4)10-12-30;1-14-6-8-15(9-7-14)12(16)10-2-4-11(13)5-3-10;1-6(2)17-7(3)14-5-9(17)10-8(12)4-15-11(13)16-10;/h5-8,13-15H,9-12H2,1-4H3,(H,26,27,28);2-5H,6-9H2,1H3;4-6H,1-3H3,(H2,13,15,16);1H4. The Bertz CT molecular complexity index is 2550.